The number of ether oxygens (including phenoxy) is 1. The van der Waals surface area contributed by atoms with Gasteiger partial charge in [-0.25, -0.2) is 13.6 Å². The number of benzene rings is 1. The van der Waals surface area contributed by atoms with Crippen LogP contribution in [-0.2, 0) is 14.3 Å². The van der Waals surface area contributed by atoms with Crippen LogP contribution in [0.5, 0.6) is 0 Å². The Hall–Kier alpha value is -2.81. The number of nitrogens with one attached hydrogen (secondary N) is 2. The number of anilines is 1. The molecule has 0 radical (unpaired) electrons. The SMILES string of the molecule is CC(C)[C@H](NC(=O)c1cccs1)C(=O)O[C@@H](C)C(=O)Nc1c(F)cccc1F. The monoisotopic (exact) mass is 410 g/mol. The molecule has 0 spiro atoms. The molecule has 0 fully saturated rings. The summed E-state index contributed by atoms with van der Waals surface area (Å²) in [7, 11) is 0. The van der Waals surface area contributed by atoms with Crippen LogP contribution in [-0.4, -0.2) is 29.9 Å². The lowest BCUT2D eigenvalue weighted by atomic mass is 10.0. The maximum absolute atomic E-state index is 13.6. The molecule has 1 heterocycles. The van der Waals surface area contributed by atoms with Gasteiger partial charge < -0.3 is 15.4 Å². The maximum atomic E-state index is 13.6. The second-order valence-corrected chi connectivity index (χ2v) is 7.29. The first-order chi connectivity index (χ1) is 13.2. The Labute approximate surface area is 164 Å². The average Bonchev–Trinajstić information content (AvgIpc) is 3.16. The number of rotatable bonds is 7. The van der Waals surface area contributed by atoms with Crippen molar-refractivity contribution in [1.29, 1.82) is 0 Å². The van der Waals surface area contributed by atoms with Gasteiger partial charge >= 0.3 is 5.97 Å². The van der Waals surface area contributed by atoms with Crippen LogP contribution in [0.3, 0.4) is 0 Å². The summed E-state index contributed by atoms with van der Waals surface area (Å²) in [5, 5.41) is 6.37. The number of amides is 2. The summed E-state index contributed by atoms with van der Waals surface area (Å²) < 4.78 is 32.4. The lowest BCUT2D eigenvalue weighted by molar-refractivity contribution is -0.156. The molecule has 0 saturated heterocycles. The van der Waals surface area contributed by atoms with Crippen molar-refractivity contribution in [2.24, 2.45) is 5.92 Å². The third-order valence-corrected chi connectivity index (χ3v) is 4.69. The maximum Gasteiger partial charge on any atom is 0.329 e. The molecule has 9 heteroatoms. The zero-order chi connectivity index (χ0) is 20.8. The van der Waals surface area contributed by atoms with Crippen molar-refractivity contribution in [1.82, 2.24) is 5.32 Å². The van der Waals surface area contributed by atoms with Crippen molar-refractivity contribution in [3.63, 3.8) is 0 Å². The largest absolute Gasteiger partial charge is 0.451 e. The lowest BCUT2D eigenvalue weighted by Gasteiger charge is -2.22. The fraction of sp³-hybridized carbons (Fsp3) is 0.316. The van der Waals surface area contributed by atoms with Crippen molar-refractivity contribution in [2.75, 3.05) is 5.32 Å². The van der Waals surface area contributed by atoms with Crippen LogP contribution < -0.4 is 10.6 Å². The number of esters is 1. The van der Waals surface area contributed by atoms with Gasteiger partial charge in [0.25, 0.3) is 11.8 Å². The number of para-hydroxylation sites is 1. The molecule has 0 saturated carbocycles. The average molecular weight is 410 g/mol. The Kier molecular flexibility index (Phi) is 7.22. The van der Waals surface area contributed by atoms with E-state index in [4.69, 9.17) is 4.74 Å². The zero-order valence-corrected chi connectivity index (χ0v) is 16.3. The van der Waals surface area contributed by atoms with Crippen LogP contribution in [0.1, 0.15) is 30.4 Å². The highest BCUT2D eigenvalue weighted by molar-refractivity contribution is 7.12. The molecule has 1 aromatic carbocycles. The highest BCUT2D eigenvalue weighted by Gasteiger charge is 2.30. The molecule has 2 atom stereocenters. The predicted molar refractivity (Wildman–Crippen MR) is 101 cm³/mol. The van der Waals surface area contributed by atoms with E-state index in [1.807, 2.05) is 0 Å². The fourth-order valence-electron chi connectivity index (χ4n) is 2.26. The molecule has 0 aliphatic rings. The van der Waals surface area contributed by atoms with Crippen molar-refractivity contribution < 1.29 is 27.9 Å². The Balaban J connectivity index is 2.01. The van der Waals surface area contributed by atoms with Gasteiger partial charge in [0.2, 0.25) is 0 Å². The Morgan fingerprint density at radius 2 is 1.68 bits per heavy atom. The van der Waals surface area contributed by atoms with Gasteiger partial charge in [-0.15, -0.1) is 11.3 Å². The smallest absolute Gasteiger partial charge is 0.329 e. The minimum Gasteiger partial charge on any atom is -0.451 e. The summed E-state index contributed by atoms with van der Waals surface area (Å²) in [6.07, 6.45) is -1.33. The summed E-state index contributed by atoms with van der Waals surface area (Å²) in [5.74, 6) is -4.36. The third-order valence-electron chi connectivity index (χ3n) is 3.83. The highest BCUT2D eigenvalue weighted by Crippen LogP contribution is 2.18. The number of thiophene rings is 1. The van der Waals surface area contributed by atoms with E-state index in [-0.39, 0.29) is 5.92 Å². The van der Waals surface area contributed by atoms with E-state index in [2.05, 4.69) is 10.6 Å². The van der Waals surface area contributed by atoms with Crippen molar-refractivity contribution in [3.05, 3.63) is 52.2 Å². The van der Waals surface area contributed by atoms with Gasteiger partial charge in [0.05, 0.1) is 4.88 Å². The number of hydrogen-bond acceptors (Lipinski definition) is 5. The molecule has 28 heavy (non-hydrogen) atoms. The summed E-state index contributed by atoms with van der Waals surface area (Å²) in [6, 6.07) is 5.47. The first-order valence-electron chi connectivity index (χ1n) is 8.50. The van der Waals surface area contributed by atoms with Crippen LogP contribution in [0, 0.1) is 17.6 Å². The van der Waals surface area contributed by atoms with Crippen LogP contribution in [0.4, 0.5) is 14.5 Å². The highest BCUT2D eigenvalue weighted by atomic mass is 32.1. The zero-order valence-electron chi connectivity index (χ0n) is 15.5. The van der Waals surface area contributed by atoms with E-state index in [0.717, 1.165) is 18.2 Å². The van der Waals surface area contributed by atoms with Gasteiger partial charge in [0.15, 0.2) is 6.10 Å². The van der Waals surface area contributed by atoms with Gasteiger partial charge in [0.1, 0.15) is 23.4 Å². The minimum absolute atomic E-state index is 0.310. The van der Waals surface area contributed by atoms with Gasteiger partial charge in [-0.3, -0.25) is 9.59 Å². The molecular formula is C19H20F2N2O4S. The fourth-order valence-corrected chi connectivity index (χ4v) is 2.89. The number of carbonyl (C=O) groups is 3. The third kappa shape index (κ3) is 5.35. The number of halogens is 2. The normalized spacial score (nSPS) is 12.9. The number of hydrogen-bond donors (Lipinski definition) is 2. The van der Waals surface area contributed by atoms with Crippen molar-refractivity contribution >= 4 is 34.8 Å². The van der Waals surface area contributed by atoms with Gasteiger partial charge in [-0.1, -0.05) is 26.0 Å². The minimum atomic E-state index is -1.33. The Morgan fingerprint density at radius 1 is 1.04 bits per heavy atom. The first kappa shape index (κ1) is 21.5. The molecule has 1 aromatic heterocycles. The van der Waals surface area contributed by atoms with E-state index >= 15 is 0 Å². The first-order valence-corrected chi connectivity index (χ1v) is 9.38. The van der Waals surface area contributed by atoms with Crippen LogP contribution in [0.15, 0.2) is 35.7 Å². The van der Waals surface area contributed by atoms with Crippen LogP contribution in [0.25, 0.3) is 0 Å². The topological polar surface area (TPSA) is 84.5 Å². The van der Waals surface area contributed by atoms with Crippen molar-refractivity contribution in [3.8, 4) is 0 Å². The molecule has 0 bridgehead atoms. The molecule has 6 nitrogen and oxygen atoms in total. The van der Waals surface area contributed by atoms with Crippen molar-refractivity contribution in [2.45, 2.75) is 32.9 Å². The van der Waals surface area contributed by atoms with Gasteiger partial charge in [-0.05, 0) is 36.4 Å². The molecule has 2 amide bonds. The number of carbonyl (C=O) groups excluding carboxylic acids is 3. The lowest BCUT2D eigenvalue weighted by Crippen LogP contribution is -2.47. The molecule has 0 aliphatic heterocycles. The van der Waals surface area contributed by atoms with Crippen LogP contribution >= 0.6 is 11.3 Å². The molecule has 0 unspecified atom stereocenters. The Morgan fingerprint density at radius 3 is 2.21 bits per heavy atom. The van der Waals surface area contributed by atoms with Gasteiger partial charge in [0, 0.05) is 0 Å². The molecular weight excluding hydrogens is 390 g/mol. The summed E-state index contributed by atoms with van der Waals surface area (Å²) in [4.78, 5) is 37.2. The molecule has 150 valence electrons. The van der Waals surface area contributed by atoms with E-state index in [9.17, 15) is 23.2 Å². The van der Waals surface area contributed by atoms with E-state index in [1.54, 1.807) is 31.4 Å². The molecule has 2 rings (SSSR count). The van der Waals surface area contributed by atoms with Crippen LogP contribution in [0.2, 0.25) is 0 Å². The Bertz CT molecular complexity index is 835. The molecule has 2 N–H and O–H groups in total. The predicted octanol–water partition coefficient (Wildman–Crippen LogP) is 3.35. The molecule has 2 aromatic rings. The standard InChI is InChI=1S/C19H20F2N2O4S/c1-10(2)15(22-18(25)14-8-5-9-28-14)19(26)27-11(3)17(24)23-16-12(20)6-4-7-13(16)21/h4-11,15H,1-3H3,(H,22,25)(H,23,24)/t11-,15-/m0/s1. The second kappa shape index (κ2) is 9.41. The quantitative estimate of drug-likeness (QED) is 0.686. The van der Waals surface area contributed by atoms with E-state index in [1.165, 1.54) is 18.3 Å². The molecule has 0 aliphatic carbocycles. The summed E-state index contributed by atoms with van der Waals surface area (Å²) >= 11 is 1.22. The summed E-state index contributed by atoms with van der Waals surface area (Å²) in [5.41, 5.74) is -0.623. The van der Waals surface area contributed by atoms with E-state index < -0.39 is 47.3 Å². The van der Waals surface area contributed by atoms with E-state index in [0.29, 0.717) is 4.88 Å². The summed E-state index contributed by atoms with van der Waals surface area (Å²) in [6.45, 7) is 4.69. The second-order valence-electron chi connectivity index (χ2n) is 6.34. The van der Waals surface area contributed by atoms with Gasteiger partial charge in [-0.2, -0.15) is 0 Å².